The molecule has 0 radical (unpaired) electrons. The first-order chi connectivity index (χ1) is 10.7. The quantitative estimate of drug-likeness (QED) is 0.818. The van der Waals surface area contributed by atoms with E-state index >= 15 is 0 Å². The minimum Gasteiger partial charge on any atom is -0.497 e. The highest BCUT2D eigenvalue weighted by Crippen LogP contribution is 2.12. The number of halogens is 1. The Labute approximate surface area is 143 Å². The fraction of sp³-hybridized carbons (Fsp3) is 0.278. The van der Waals surface area contributed by atoms with Crippen molar-refractivity contribution in [3.63, 3.8) is 0 Å². The minimum atomic E-state index is -0.175. The lowest BCUT2D eigenvalue weighted by Crippen LogP contribution is -2.32. The topological polar surface area (TPSA) is 64.3 Å². The summed E-state index contributed by atoms with van der Waals surface area (Å²) < 4.78 is 5.11. The normalized spacial score (nSPS) is 11.2. The van der Waals surface area contributed by atoms with E-state index in [4.69, 9.17) is 10.5 Å². The van der Waals surface area contributed by atoms with Crippen LogP contribution in [0, 0.1) is 0 Å². The zero-order valence-electron chi connectivity index (χ0n) is 13.2. The lowest BCUT2D eigenvalue weighted by molar-refractivity contribution is -0.121. The molecule has 0 spiro atoms. The third-order valence-corrected chi connectivity index (χ3v) is 3.55. The molecule has 0 fully saturated rings. The van der Waals surface area contributed by atoms with Gasteiger partial charge in [0.25, 0.3) is 0 Å². The van der Waals surface area contributed by atoms with Gasteiger partial charge in [-0.3, -0.25) is 4.79 Å². The largest absolute Gasteiger partial charge is 0.497 e. The molecule has 1 unspecified atom stereocenters. The van der Waals surface area contributed by atoms with Gasteiger partial charge in [-0.25, -0.2) is 0 Å². The van der Waals surface area contributed by atoms with Crippen molar-refractivity contribution in [2.45, 2.75) is 18.9 Å². The van der Waals surface area contributed by atoms with Crippen molar-refractivity contribution in [3.8, 4) is 5.75 Å². The van der Waals surface area contributed by atoms with Crippen LogP contribution in [0.2, 0.25) is 0 Å². The molecule has 0 aromatic heterocycles. The molecule has 124 valence electrons. The summed E-state index contributed by atoms with van der Waals surface area (Å²) in [5.41, 5.74) is 8.19. The van der Waals surface area contributed by atoms with Crippen LogP contribution in [0.5, 0.6) is 5.75 Å². The van der Waals surface area contributed by atoms with E-state index in [1.807, 2.05) is 54.6 Å². The van der Waals surface area contributed by atoms with Crippen LogP contribution in [-0.4, -0.2) is 19.6 Å². The second-order valence-corrected chi connectivity index (χ2v) is 5.17. The molecule has 0 bridgehead atoms. The predicted molar refractivity (Wildman–Crippen MR) is 94.9 cm³/mol. The van der Waals surface area contributed by atoms with E-state index < -0.39 is 0 Å². The number of amides is 1. The Balaban J connectivity index is 0.00000264. The maximum Gasteiger partial charge on any atom is 0.220 e. The highest BCUT2D eigenvalue weighted by atomic mass is 35.5. The summed E-state index contributed by atoms with van der Waals surface area (Å²) in [7, 11) is 1.64. The fourth-order valence-corrected chi connectivity index (χ4v) is 2.18. The number of nitrogens with two attached hydrogens (primary N) is 1. The fourth-order valence-electron chi connectivity index (χ4n) is 2.18. The Hall–Kier alpha value is -2.04. The number of benzene rings is 2. The Morgan fingerprint density at radius 2 is 1.78 bits per heavy atom. The summed E-state index contributed by atoms with van der Waals surface area (Å²) in [5.74, 6) is 0.837. The summed E-state index contributed by atoms with van der Waals surface area (Å²) in [5, 5.41) is 2.89. The lowest BCUT2D eigenvalue weighted by atomic mass is 10.1. The van der Waals surface area contributed by atoms with E-state index in [9.17, 15) is 4.79 Å². The summed E-state index contributed by atoms with van der Waals surface area (Å²) in [4.78, 5) is 11.9. The number of hydrogen-bond acceptors (Lipinski definition) is 3. The summed E-state index contributed by atoms with van der Waals surface area (Å²) >= 11 is 0. The van der Waals surface area contributed by atoms with E-state index in [1.165, 1.54) is 0 Å². The molecule has 0 aliphatic heterocycles. The van der Waals surface area contributed by atoms with Crippen molar-refractivity contribution in [2.24, 2.45) is 5.73 Å². The Kier molecular flexibility index (Phi) is 8.16. The molecule has 3 N–H and O–H groups in total. The second kappa shape index (κ2) is 9.87. The van der Waals surface area contributed by atoms with Crippen LogP contribution in [0.1, 0.15) is 23.6 Å². The highest BCUT2D eigenvalue weighted by molar-refractivity contribution is 5.85. The van der Waals surface area contributed by atoms with Crippen molar-refractivity contribution in [2.75, 3.05) is 13.7 Å². The molecule has 2 aromatic carbocycles. The number of carbonyl (C=O) groups excluding carboxylic acids is 1. The summed E-state index contributed by atoms with van der Waals surface area (Å²) in [6, 6.07) is 17.3. The van der Waals surface area contributed by atoms with Gasteiger partial charge in [0.15, 0.2) is 0 Å². The molecular weight excluding hydrogens is 312 g/mol. The smallest absolute Gasteiger partial charge is 0.220 e. The van der Waals surface area contributed by atoms with Gasteiger partial charge in [-0.15, -0.1) is 12.4 Å². The third-order valence-electron chi connectivity index (χ3n) is 3.55. The maximum absolute atomic E-state index is 11.9. The van der Waals surface area contributed by atoms with Crippen molar-refractivity contribution in [1.82, 2.24) is 5.32 Å². The predicted octanol–water partition coefficient (Wildman–Crippen LogP) is 2.87. The van der Waals surface area contributed by atoms with Gasteiger partial charge < -0.3 is 15.8 Å². The SMILES string of the molecule is COc1ccc(CCC(=O)NCC(N)c2ccccc2)cc1.Cl. The van der Waals surface area contributed by atoms with E-state index in [2.05, 4.69) is 5.32 Å². The Morgan fingerprint density at radius 3 is 2.39 bits per heavy atom. The molecule has 0 aliphatic rings. The molecule has 23 heavy (non-hydrogen) atoms. The molecule has 1 atom stereocenters. The Morgan fingerprint density at radius 1 is 1.13 bits per heavy atom. The second-order valence-electron chi connectivity index (χ2n) is 5.17. The van der Waals surface area contributed by atoms with Crippen LogP contribution in [0.15, 0.2) is 54.6 Å². The molecular formula is C18H23ClN2O2. The number of nitrogens with one attached hydrogen (secondary N) is 1. The van der Waals surface area contributed by atoms with Crippen LogP contribution in [-0.2, 0) is 11.2 Å². The zero-order chi connectivity index (χ0) is 15.8. The first kappa shape index (κ1) is 19.0. The number of rotatable bonds is 7. The van der Waals surface area contributed by atoms with Gasteiger partial charge >= 0.3 is 0 Å². The van der Waals surface area contributed by atoms with Crippen LogP contribution in [0.25, 0.3) is 0 Å². The van der Waals surface area contributed by atoms with Gasteiger partial charge in [0.05, 0.1) is 7.11 Å². The van der Waals surface area contributed by atoms with Crippen LogP contribution < -0.4 is 15.8 Å². The van der Waals surface area contributed by atoms with Crippen LogP contribution in [0.4, 0.5) is 0 Å². The summed E-state index contributed by atoms with van der Waals surface area (Å²) in [6.07, 6.45) is 1.16. The number of aryl methyl sites for hydroxylation is 1. The van der Waals surface area contributed by atoms with Gasteiger partial charge in [0.2, 0.25) is 5.91 Å². The molecule has 0 heterocycles. The monoisotopic (exact) mass is 334 g/mol. The van der Waals surface area contributed by atoms with Crippen molar-refractivity contribution in [1.29, 1.82) is 0 Å². The van der Waals surface area contributed by atoms with E-state index in [0.717, 1.165) is 16.9 Å². The average Bonchev–Trinajstić information content (AvgIpc) is 2.59. The van der Waals surface area contributed by atoms with Gasteiger partial charge in [-0.2, -0.15) is 0 Å². The number of methoxy groups -OCH3 is 1. The van der Waals surface area contributed by atoms with E-state index in [0.29, 0.717) is 19.4 Å². The average molecular weight is 335 g/mol. The molecule has 2 rings (SSSR count). The lowest BCUT2D eigenvalue weighted by Gasteiger charge is -2.13. The van der Waals surface area contributed by atoms with Crippen LogP contribution >= 0.6 is 12.4 Å². The minimum absolute atomic E-state index is 0. The van der Waals surface area contributed by atoms with Crippen molar-refractivity contribution >= 4 is 18.3 Å². The first-order valence-corrected chi connectivity index (χ1v) is 7.39. The number of ether oxygens (including phenoxy) is 1. The molecule has 0 saturated carbocycles. The molecule has 5 heteroatoms. The standard InChI is InChI=1S/C18H22N2O2.ClH/c1-22-16-10-7-14(8-11-16)9-12-18(21)20-13-17(19)15-5-3-2-4-6-15;/h2-8,10-11,17H,9,12-13,19H2,1H3,(H,20,21);1H. The van der Waals surface area contributed by atoms with E-state index in [-0.39, 0.29) is 24.4 Å². The van der Waals surface area contributed by atoms with Crippen molar-refractivity contribution < 1.29 is 9.53 Å². The molecule has 0 aliphatic carbocycles. The number of carbonyl (C=O) groups is 1. The van der Waals surface area contributed by atoms with Gasteiger partial charge in [-0.1, -0.05) is 42.5 Å². The molecule has 0 saturated heterocycles. The zero-order valence-corrected chi connectivity index (χ0v) is 14.0. The maximum atomic E-state index is 11.9. The van der Waals surface area contributed by atoms with Crippen LogP contribution in [0.3, 0.4) is 0 Å². The van der Waals surface area contributed by atoms with Gasteiger partial charge in [-0.05, 0) is 29.7 Å². The molecule has 4 nitrogen and oxygen atoms in total. The van der Waals surface area contributed by atoms with Gasteiger partial charge in [0.1, 0.15) is 5.75 Å². The molecule has 1 amide bonds. The Bertz CT molecular complexity index is 588. The first-order valence-electron chi connectivity index (χ1n) is 7.39. The highest BCUT2D eigenvalue weighted by Gasteiger charge is 2.08. The molecule has 2 aromatic rings. The van der Waals surface area contributed by atoms with E-state index in [1.54, 1.807) is 7.11 Å². The number of hydrogen-bond donors (Lipinski definition) is 2. The van der Waals surface area contributed by atoms with Crippen molar-refractivity contribution in [3.05, 3.63) is 65.7 Å². The van der Waals surface area contributed by atoms with Gasteiger partial charge in [0, 0.05) is 19.0 Å². The third kappa shape index (κ3) is 6.30. The summed E-state index contributed by atoms with van der Waals surface area (Å²) in [6.45, 7) is 0.450.